The molecule has 1 unspecified atom stereocenters. The SMILES string of the molecule is CC(C)(C)C(O[SiH](c1ccccc1)c1ccccc1)c1ccsc1. The molecule has 1 atom stereocenters. The largest absolute Gasteiger partial charge is 0.403 e. The molecule has 0 aliphatic carbocycles. The summed E-state index contributed by atoms with van der Waals surface area (Å²) in [5.74, 6) is 0. The lowest BCUT2D eigenvalue weighted by molar-refractivity contribution is 0.0901. The average molecular weight is 353 g/mol. The Kier molecular flexibility index (Phi) is 5.34. The van der Waals surface area contributed by atoms with Crippen LogP contribution in [-0.2, 0) is 4.43 Å². The molecule has 0 amide bonds. The second-order valence-electron chi connectivity index (χ2n) is 7.14. The van der Waals surface area contributed by atoms with Crippen LogP contribution < -0.4 is 10.4 Å². The van der Waals surface area contributed by atoms with E-state index in [1.165, 1.54) is 15.9 Å². The van der Waals surface area contributed by atoms with Crippen LogP contribution in [0.3, 0.4) is 0 Å². The van der Waals surface area contributed by atoms with E-state index in [4.69, 9.17) is 4.43 Å². The molecule has 0 saturated heterocycles. The number of hydrogen-bond donors (Lipinski definition) is 0. The number of rotatable bonds is 5. The summed E-state index contributed by atoms with van der Waals surface area (Å²) in [5, 5.41) is 7.01. The highest BCUT2D eigenvalue weighted by molar-refractivity contribution is 7.08. The fourth-order valence-corrected chi connectivity index (χ4v) is 6.30. The maximum Gasteiger partial charge on any atom is 0.240 e. The van der Waals surface area contributed by atoms with E-state index in [1.54, 1.807) is 11.3 Å². The Hall–Kier alpha value is -1.68. The Morgan fingerprint density at radius 3 is 1.79 bits per heavy atom. The molecule has 24 heavy (non-hydrogen) atoms. The van der Waals surface area contributed by atoms with Crippen molar-refractivity contribution in [1.82, 2.24) is 0 Å². The van der Waals surface area contributed by atoms with Crippen LogP contribution in [-0.4, -0.2) is 9.04 Å². The molecule has 3 heteroatoms. The topological polar surface area (TPSA) is 9.23 Å². The third-order valence-corrected chi connectivity index (χ3v) is 7.34. The summed E-state index contributed by atoms with van der Waals surface area (Å²) in [6, 6.07) is 23.6. The summed E-state index contributed by atoms with van der Waals surface area (Å²) < 4.78 is 6.88. The molecule has 0 bridgehead atoms. The molecule has 0 spiro atoms. The van der Waals surface area contributed by atoms with E-state index in [2.05, 4.69) is 98.3 Å². The van der Waals surface area contributed by atoms with E-state index >= 15 is 0 Å². The highest BCUT2D eigenvalue weighted by Crippen LogP contribution is 2.37. The lowest BCUT2D eigenvalue weighted by Crippen LogP contribution is -2.47. The van der Waals surface area contributed by atoms with Crippen LogP contribution >= 0.6 is 11.3 Å². The predicted octanol–water partition coefficient (Wildman–Crippen LogP) is 4.39. The Morgan fingerprint density at radius 2 is 1.38 bits per heavy atom. The number of thiophene rings is 1. The van der Waals surface area contributed by atoms with Crippen molar-refractivity contribution in [2.24, 2.45) is 5.41 Å². The van der Waals surface area contributed by atoms with E-state index in [0.717, 1.165) is 0 Å². The van der Waals surface area contributed by atoms with Crippen molar-refractivity contribution in [3.63, 3.8) is 0 Å². The molecule has 0 fully saturated rings. The van der Waals surface area contributed by atoms with Crippen LogP contribution in [0.1, 0.15) is 32.4 Å². The summed E-state index contributed by atoms with van der Waals surface area (Å²) in [6.07, 6.45) is 0.0980. The minimum Gasteiger partial charge on any atom is -0.403 e. The summed E-state index contributed by atoms with van der Waals surface area (Å²) in [6.45, 7) is 6.78. The van der Waals surface area contributed by atoms with Gasteiger partial charge < -0.3 is 4.43 Å². The van der Waals surface area contributed by atoms with Gasteiger partial charge in [-0.25, -0.2) is 0 Å². The highest BCUT2D eigenvalue weighted by Gasteiger charge is 2.31. The Balaban J connectivity index is 1.99. The fraction of sp³-hybridized carbons (Fsp3) is 0.238. The van der Waals surface area contributed by atoms with Gasteiger partial charge in [0.05, 0.1) is 6.10 Å². The second-order valence-corrected chi connectivity index (χ2v) is 10.3. The maximum atomic E-state index is 6.88. The molecule has 2 aromatic carbocycles. The van der Waals surface area contributed by atoms with E-state index in [-0.39, 0.29) is 11.5 Å². The normalized spacial score (nSPS) is 13.2. The van der Waals surface area contributed by atoms with Gasteiger partial charge in [0, 0.05) is 0 Å². The smallest absolute Gasteiger partial charge is 0.240 e. The first-order chi connectivity index (χ1) is 11.6. The van der Waals surface area contributed by atoms with Crippen LogP contribution in [0.2, 0.25) is 0 Å². The zero-order valence-corrected chi connectivity index (χ0v) is 16.4. The van der Waals surface area contributed by atoms with Crippen molar-refractivity contribution in [2.75, 3.05) is 0 Å². The van der Waals surface area contributed by atoms with Gasteiger partial charge in [-0.3, -0.25) is 0 Å². The minimum absolute atomic E-state index is 0.0515. The van der Waals surface area contributed by atoms with Crippen molar-refractivity contribution < 1.29 is 4.43 Å². The molecule has 124 valence electrons. The molecule has 0 saturated carbocycles. The van der Waals surface area contributed by atoms with Gasteiger partial charge in [0.15, 0.2) is 0 Å². The summed E-state index contributed by atoms with van der Waals surface area (Å²) in [5.41, 5.74) is 1.34. The van der Waals surface area contributed by atoms with Gasteiger partial charge in [0.25, 0.3) is 0 Å². The average Bonchev–Trinajstić information content (AvgIpc) is 3.10. The highest BCUT2D eigenvalue weighted by atomic mass is 32.1. The molecule has 3 aromatic rings. The van der Waals surface area contributed by atoms with Gasteiger partial charge in [-0.1, -0.05) is 81.4 Å². The molecule has 1 nitrogen and oxygen atoms in total. The summed E-state index contributed by atoms with van der Waals surface area (Å²) in [7, 11) is -1.75. The van der Waals surface area contributed by atoms with Crippen LogP contribution in [0.4, 0.5) is 0 Å². The molecular formula is C21H24OSSi. The molecule has 0 aliphatic heterocycles. The van der Waals surface area contributed by atoms with Crippen LogP contribution in [0.25, 0.3) is 0 Å². The first-order valence-electron chi connectivity index (χ1n) is 8.33. The number of hydrogen-bond acceptors (Lipinski definition) is 2. The van der Waals surface area contributed by atoms with Crippen LogP contribution in [0.15, 0.2) is 77.5 Å². The van der Waals surface area contributed by atoms with Crippen molar-refractivity contribution in [3.05, 3.63) is 83.1 Å². The zero-order valence-electron chi connectivity index (χ0n) is 14.5. The summed E-state index contributed by atoms with van der Waals surface area (Å²) in [4.78, 5) is 0. The number of benzene rings is 2. The lowest BCUT2D eigenvalue weighted by atomic mass is 9.86. The van der Waals surface area contributed by atoms with Crippen molar-refractivity contribution in [2.45, 2.75) is 26.9 Å². The van der Waals surface area contributed by atoms with Gasteiger partial charge in [-0.2, -0.15) is 11.3 Å². The summed E-state index contributed by atoms with van der Waals surface area (Å²) >= 11 is 1.74. The van der Waals surface area contributed by atoms with Gasteiger partial charge in [0.2, 0.25) is 9.04 Å². The molecular weight excluding hydrogens is 328 g/mol. The molecule has 0 aliphatic rings. The zero-order chi connectivity index (χ0) is 17.0. The third-order valence-electron chi connectivity index (χ3n) is 4.11. The Labute approximate surface area is 150 Å². The minimum atomic E-state index is -1.75. The second kappa shape index (κ2) is 7.47. The van der Waals surface area contributed by atoms with E-state index in [9.17, 15) is 0 Å². The third kappa shape index (κ3) is 4.04. The quantitative estimate of drug-likeness (QED) is 0.619. The van der Waals surface area contributed by atoms with Crippen molar-refractivity contribution in [1.29, 1.82) is 0 Å². The molecule has 1 aromatic heterocycles. The van der Waals surface area contributed by atoms with Crippen molar-refractivity contribution >= 4 is 30.8 Å². The Morgan fingerprint density at radius 1 is 0.833 bits per heavy atom. The van der Waals surface area contributed by atoms with Crippen molar-refractivity contribution in [3.8, 4) is 0 Å². The monoisotopic (exact) mass is 352 g/mol. The molecule has 0 radical (unpaired) electrons. The van der Waals surface area contributed by atoms with E-state index in [0.29, 0.717) is 0 Å². The van der Waals surface area contributed by atoms with Gasteiger partial charge >= 0.3 is 0 Å². The maximum absolute atomic E-state index is 6.88. The predicted molar refractivity (Wildman–Crippen MR) is 107 cm³/mol. The molecule has 3 rings (SSSR count). The lowest BCUT2D eigenvalue weighted by Gasteiger charge is -2.34. The fourth-order valence-electron chi connectivity index (χ4n) is 2.95. The van der Waals surface area contributed by atoms with Gasteiger partial charge in [0.1, 0.15) is 0 Å². The van der Waals surface area contributed by atoms with Crippen LogP contribution in [0.5, 0.6) is 0 Å². The molecule has 1 heterocycles. The Bertz CT molecular complexity index is 693. The van der Waals surface area contributed by atoms with Gasteiger partial charge in [-0.15, -0.1) is 0 Å². The standard InChI is InChI=1S/C21H24OSSi/c1-21(2,3)20(17-14-15-23-16-17)22-24(18-10-6-4-7-11-18)19-12-8-5-9-13-19/h4-16,20,24H,1-3H3. The van der Waals surface area contributed by atoms with Gasteiger partial charge in [-0.05, 0) is 38.2 Å². The molecule has 0 N–H and O–H groups in total. The first kappa shape index (κ1) is 17.2. The van der Waals surface area contributed by atoms with E-state index < -0.39 is 9.04 Å². The van der Waals surface area contributed by atoms with E-state index in [1.807, 2.05) is 0 Å². The van der Waals surface area contributed by atoms with Crippen LogP contribution in [0, 0.1) is 5.41 Å². The first-order valence-corrected chi connectivity index (χ1v) is 10.9.